The lowest BCUT2D eigenvalue weighted by atomic mass is 10.2. The predicted octanol–water partition coefficient (Wildman–Crippen LogP) is 4.91. The number of rotatable bonds is 5. The smallest absolute Gasteiger partial charge is 0.165 e. The van der Waals surface area contributed by atoms with Gasteiger partial charge in [0.1, 0.15) is 11.6 Å². The number of benzene rings is 2. The molecule has 2 nitrogen and oxygen atoms in total. The number of ether oxygens (including phenoxy) is 1. The first-order valence-corrected chi connectivity index (χ1v) is 6.98. The molecule has 0 aliphatic carbocycles. The zero-order valence-corrected chi connectivity index (χ0v) is 12.5. The summed E-state index contributed by atoms with van der Waals surface area (Å²) < 4.78 is 32.3. The van der Waals surface area contributed by atoms with Crippen molar-refractivity contribution in [2.24, 2.45) is 0 Å². The molecule has 0 saturated carbocycles. The van der Waals surface area contributed by atoms with E-state index < -0.39 is 11.6 Å². The van der Waals surface area contributed by atoms with E-state index in [9.17, 15) is 8.78 Å². The van der Waals surface area contributed by atoms with Crippen LogP contribution in [-0.4, -0.2) is 6.04 Å². The van der Waals surface area contributed by atoms with Crippen LogP contribution in [0.5, 0.6) is 11.5 Å². The van der Waals surface area contributed by atoms with Crippen LogP contribution in [0.25, 0.3) is 0 Å². The molecular weight excluding hydrogens is 296 g/mol. The second-order valence-electron chi connectivity index (χ2n) is 4.96. The van der Waals surface area contributed by atoms with Gasteiger partial charge in [-0.1, -0.05) is 25.4 Å². The van der Waals surface area contributed by atoms with Gasteiger partial charge in [-0.2, -0.15) is 0 Å². The third-order valence-corrected chi connectivity index (χ3v) is 3.07. The second-order valence-corrected chi connectivity index (χ2v) is 5.40. The summed E-state index contributed by atoms with van der Waals surface area (Å²) >= 11 is 5.97. The van der Waals surface area contributed by atoms with Crippen LogP contribution >= 0.6 is 11.6 Å². The molecule has 5 heteroatoms. The molecule has 0 aliphatic rings. The lowest BCUT2D eigenvalue weighted by molar-refractivity contribution is 0.429. The Balaban J connectivity index is 2.28. The summed E-state index contributed by atoms with van der Waals surface area (Å²) in [6.45, 7) is 4.54. The van der Waals surface area contributed by atoms with Gasteiger partial charge in [-0.3, -0.25) is 0 Å². The molecule has 1 N–H and O–H groups in total. The largest absolute Gasteiger partial charge is 0.454 e. The molecule has 2 aromatic rings. The van der Waals surface area contributed by atoms with Crippen molar-refractivity contribution in [1.29, 1.82) is 0 Å². The van der Waals surface area contributed by atoms with E-state index in [4.69, 9.17) is 16.3 Å². The topological polar surface area (TPSA) is 21.3 Å². The highest BCUT2D eigenvalue weighted by Gasteiger charge is 2.11. The highest BCUT2D eigenvalue weighted by atomic mass is 35.5. The lowest BCUT2D eigenvalue weighted by Gasteiger charge is -2.14. The van der Waals surface area contributed by atoms with Crippen LogP contribution in [0, 0.1) is 11.6 Å². The summed E-state index contributed by atoms with van der Waals surface area (Å²) in [5.74, 6) is -0.878. The molecule has 0 fully saturated rings. The maximum Gasteiger partial charge on any atom is 0.165 e. The van der Waals surface area contributed by atoms with Gasteiger partial charge in [0.25, 0.3) is 0 Å². The fourth-order valence-electron chi connectivity index (χ4n) is 1.77. The summed E-state index contributed by atoms with van der Waals surface area (Å²) in [6, 6.07) is 8.41. The Morgan fingerprint density at radius 1 is 1.10 bits per heavy atom. The highest BCUT2D eigenvalue weighted by molar-refractivity contribution is 6.30. The monoisotopic (exact) mass is 311 g/mol. The van der Waals surface area contributed by atoms with Crippen molar-refractivity contribution in [3.05, 3.63) is 58.6 Å². The van der Waals surface area contributed by atoms with Crippen molar-refractivity contribution in [3.8, 4) is 11.5 Å². The zero-order chi connectivity index (χ0) is 15.4. The Labute approximate surface area is 127 Å². The Morgan fingerprint density at radius 3 is 2.57 bits per heavy atom. The fraction of sp³-hybridized carbons (Fsp3) is 0.250. The van der Waals surface area contributed by atoms with Crippen LogP contribution in [-0.2, 0) is 6.54 Å². The molecule has 112 valence electrons. The Kier molecular flexibility index (Phi) is 5.15. The Bertz CT molecular complexity index is 632. The molecule has 0 aliphatic heterocycles. The first kappa shape index (κ1) is 15.7. The molecule has 2 aromatic carbocycles. The Morgan fingerprint density at radius 2 is 1.86 bits per heavy atom. The van der Waals surface area contributed by atoms with Crippen molar-refractivity contribution < 1.29 is 13.5 Å². The van der Waals surface area contributed by atoms with E-state index in [1.54, 1.807) is 18.2 Å². The van der Waals surface area contributed by atoms with Gasteiger partial charge in [0.15, 0.2) is 11.6 Å². The van der Waals surface area contributed by atoms with Crippen molar-refractivity contribution in [2.45, 2.75) is 26.4 Å². The average molecular weight is 312 g/mol. The molecule has 0 amide bonds. The van der Waals surface area contributed by atoms with Crippen LogP contribution in [0.4, 0.5) is 8.78 Å². The number of halogens is 3. The molecule has 0 radical (unpaired) electrons. The lowest BCUT2D eigenvalue weighted by Crippen LogP contribution is -2.22. The molecule has 0 spiro atoms. The Hall–Kier alpha value is -1.65. The molecular formula is C16H16ClF2NO. The highest BCUT2D eigenvalue weighted by Crippen LogP contribution is 2.30. The maximum atomic E-state index is 13.6. The standard InChI is InChI=1S/C16H16ClF2NO/c1-10(2)20-9-11-7-12(17)3-6-15(11)21-16-8-13(18)4-5-14(16)19/h3-8,10,20H,9H2,1-2H3. The van der Waals surface area contributed by atoms with Crippen molar-refractivity contribution in [3.63, 3.8) is 0 Å². The number of nitrogens with one attached hydrogen (secondary N) is 1. The average Bonchev–Trinajstić information content (AvgIpc) is 2.43. The van der Waals surface area contributed by atoms with Gasteiger partial charge < -0.3 is 10.1 Å². The van der Waals surface area contributed by atoms with Crippen LogP contribution in [0.1, 0.15) is 19.4 Å². The summed E-state index contributed by atoms with van der Waals surface area (Å²) in [5.41, 5.74) is 0.778. The first-order chi connectivity index (χ1) is 9.95. The van der Waals surface area contributed by atoms with Gasteiger partial charge >= 0.3 is 0 Å². The van der Waals surface area contributed by atoms with Crippen molar-refractivity contribution in [1.82, 2.24) is 5.32 Å². The number of hydrogen-bond acceptors (Lipinski definition) is 2. The van der Waals surface area contributed by atoms with E-state index in [-0.39, 0.29) is 11.8 Å². The molecule has 2 rings (SSSR count). The molecule has 0 atom stereocenters. The second kappa shape index (κ2) is 6.87. The minimum absolute atomic E-state index is 0.150. The molecule has 0 aromatic heterocycles. The van der Waals surface area contributed by atoms with Gasteiger partial charge in [0.05, 0.1) is 0 Å². The van der Waals surface area contributed by atoms with Gasteiger partial charge in [-0.05, 0) is 30.3 Å². The molecule has 0 heterocycles. The van der Waals surface area contributed by atoms with E-state index >= 15 is 0 Å². The van der Waals surface area contributed by atoms with E-state index in [2.05, 4.69) is 5.32 Å². The molecule has 0 unspecified atom stereocenters. The minimum atomic E-state index is -0.617. The minimum Gasteiger partial charge on any atom is -0.454 e. The summed E-state index contributed by atoms with van der Waals surface area (Å²) in [5, 5.41) is 3.79. The van der Waals surface area contributed by atoms with E-state index in [1.807, 2.05) is 13.8 Å². The SMILES string of the molecule is CC(C)NCc1cc(Cl)ccc1Oc1cc(F)ccc1F. The van der Waals surface area contributed by atoms with Crippen LogP contribution in [0.2, 0.25) is 5.02 Å². The summed E-state index contributed by atoms with van der Waals surface area (Å²) in [4.78, 5) is 0. The van der Waals surface area contributed by atoms with E-state index in [0.717, 1.165) is 23.8 Å². The van der Waals surface area contributed by atoms with Gasteiger partial charge in [0.2, 0.25) is 0 Å². The van der Waals surface area contributed by atoms with Crippen molar-refractivity contribution >= 4 is 11.6 Å². The van der Waals surface area contributed by atoms with E-state index in [1.165, 1.54) is 0 Å². The van der Waals surface area contributed by atoms with Gasteiger partial charge in [-0.25, -0.2) is 8.78 Å². The van der Waals surface area contributed by atoms with Crippen LogP contribution < -0.4 is 10.1 Å². The maximum absolute atomic E-state index is 13.6. The predicted molar refractivity (Wildman–Crippen MR) is 79.9 cm³/mol. The van der Waals surface area contributed by atoms with Crippen molar-refractivity contribution in [2.75, 3.05) is 0 Å². The third-order valence-electron chi connectivity index (χ3n) is 2.84. The molecule has 0 bridgehead atoms. The van der Waals surface area contributed by atoms with Gasteiger partial charge in [0, 0.05) is 29.2 Å². The number of hydrogen-bond donors (Lipinski definition) is 1. The quantitative estimate of drug-likeness (QED) is 0.847. The molecule has 0 saturated heterocycles. The van der Waals surface area contributed by atoms with Gasteiger partial charge in [-0.15, -0.1) is 0 Å². The summed E-state index contributed by atoms with van der Waals surface area (Å²) in [6.07, 6.45) is 0. The summed E-state index contributed by atoms with van der Waals surface area (Å²) in [7, 11) is 0. The zero-order valence-electron chi connectivity index (χ0n) is 11.8. The first-order valence-electron chi connectivity index (χ1n) is 6.60. The molecule has 21 heavy (non-hydrogen) atoms. The van der Waals surface area contributed by atoms with Crippen LogP contribution in [0.3, 0.4) is 0 Å². The fourth-order valence-corrected chi connectivity index (χ4v) is 1.97. The normalized spacial score (nSPS) is 11.0. The third kappa shape index (κ3) is 4.41. The van der Waals surface area contributed by atoms with Crippen LogP contribution in [0.15, 0.2) is 36.4 Å². The van der Waals surface area contributed by atoms with E-state index in [0.29, 0.717) is 17.3 Å².